The summed E-state index contributed by atoms with van der Waals surface area (Å²) in [6.07, 6.45) is 0. The molecule has 2 heterocycles. The number of guanidine groups is 1. The van der Waals surface area contributed by atoms with E-state index in [9.17, 15) is 0 Å². The summed E-state index contributed by atoms with van der Waals surface area (Å²) >= 11 is 0. The van der Waals surface area contributed by atoms with Crippen LogP contribution in [0.5, 0.6) is 0 Å². The van der Waals surface area contributed by atoms with Gasteiger partial charge in [0.2, 0.25) is 0 Å². The Morgan fingerprint density at radius 3 is 2.71 bits per heavy atom. The molecule has 6 nitrogen and oxygen atoms in total. The van der Waals surface area contributed by atoms with Gasteiger partial charge in [-0.2, -0.15) is 0 Å². The summed E-state index contributed by atoms with van der Waals surface area (Å²) < 4.78 is 5.56. The van der Waals surface area contributed by atoms with E-state index in [0.29, 0.717) is 12.1 Å². The summed E-state index contributed by atoms with van der Waals surface area (Å²) in [5, 5.41) is 3.60. The predicted octanol–water partition coefficient (Wildman–Crippen LogP) is 1.80. The first kappa shape index (κ1) is 21.1. The van der Waals surface area contributed by atoms with Crippen molar-refractivity contribution in [3.63, 3.8) is 0 Å². The maximum Gasteiger partial charge on any atom is 0.193 e. The van der Waals surface area contributed by atoms with Crippen molar-refractivity contribution in [2.45, 2.75) is 39.4 Å². The van der Waals surface area contributed by atoms with E-state index in [-0.39, 0.29) is 0 Å². The van der Waals surface area contributed by atoms with E-state index in [4.69, 9.17) is 4.74 Å². The van der Waals surface area contributed by atoms with Gasteiger partial charge >= 0.3 is 0 Å². The summed E-state index contributed by atoms with van der Waals surface area (Å²) in [7, 11) is 1.89. The van der Waals surface area contributed by atoms with Crippen LogP contribution in [0.1, 0.15) is 25.0 Å². The van der Waals surface area contributed by atoms with Gasteiger partial charge < -0.3 is 15.0 Å². The Bertz CT molecular complexity index is 642. The molecular weight excluding hydrogens is 350 g/mol. The van der Waals surface area contributed by atoms with Crippen LogP contribution < -0.4 is 5.32 Å². The normalized spacial score (nSPS) is 23.6. The van der Waals surface area contributed by atoms with Crippen molar-refractivity contribution >= 4 is 5.96 Å². The highest BCUT2D eigenvalue weighted by Gasteiger charge is 2.25. The van der Waals surface area contributed by atoms with Crippen molar-refractivity contribution in [2.24, 2.45) is 4.99 Å². The lowest BCUT2D eigenvalue weighted by molar-refractivity contribution is -0.0175. The molecule has 0 radical (unpaired) electrons. The van der Waals surface area contributed by atoms with E-state index in [1.165, 1.54) is 11.1 Å². The molecule has 2 fully saturated rings. The maximum absolute atomic E-state index is 5.56. The summed E-state index contributed by atoms with van der Waals surface area (Å²) in [5.41, 5.74) is 2.74. The topological polar surface area (TPSA) is 43.3 Å². The van der Waals surface area contributed by atoms with Gasteiger partial charge in [0.15, 0.2) is 5.96 Å². The minimum absolute atomic E-state index is 0.471. The molecular formula is C22H37N5O. The molecule has 2 saturated heterocycles. The summed E-state index contributed by atoms with van der Waals surface area (Å²) in [5.74, 6) is 1.03. The molecule has 2 aliphatic rings. The number of hydrogen-bond acceptors (Lipinski definition) is 4. The monoisotopic (exact) mass is 387 g/mol. The first-order valence-corrected chi connectivity index (χ1v) is 10.6. The Labute approximate surface area is 170 Å². The van der Waals surface area contributed by atoms with E-state index in [2.05, 4.69) is 70.0 Å². The first-order chi connectivity index (χ1) is 13.6. The molecule has 1 aromatic rings. The molecule has 2 aliphatic heterocycles. The molecule has 1 N–H and O–H groups in total. The second kappa shape index (κ2) is 10.2. The van der Waals surface area contributed by atoms with Gasteiger partial charge in [-0.1, -0.05) is 29.8 Å². The first-order valence-electron chi connectivity index (χ1n) is 10.6. The number of morpholine rings is 1. The van der Waals surface area contributed by atoms with E-state index >= 15 is 0 Å². The van der Waals surface area contributed by atoms with Gasteiger partial charge in [-0.15, -0.1) is 0 Å². The molecule has 28 heavy (non-hydrogen) atoms. The van der Waals surface area contributed by atoms with E-state index in [0.717, 1.165) is 65.0 Å². The number of aliphatic imine (C=N–C) groups is 1. The zero-order valence-electron chi connectivity index (χ0n) is 18.0. The van der Waals surface area contributed by atoms with E-state index < -0.39 is 0 Å². The molecule has 0 spiro atoms. The van der Waals surface area contributed by atoms with Crippen LogP contribution in [-0.2, 0) is 11.3 Å². The molecule has 156 valence electrons. The SMILES string of the molecule is CN=C(NCC(C)N1CCOCC1C)N1CCN(Cc2cccc(C)c2)CC1. The second-order valence-corrected chi connectivity index (χ2v) is 8.19. The van der Waals surface area contributed by atoms with Crippen molar-refractivity contribution < 1.29 is 4.74 Å². The third-order valence-electron chi connectivity index (χ3n) is 5.91. The highest BCUT2D eigenvalue weighted by molar-refractivity contribution is 5.80. The van der Waals surface area contributed by atoms with Crippen LogP contribution in [-0.4, -0.2) is 92.3 Å². The predicted molar refractivity (Wildman–Crippen MR) is 116 cm³/mol. The molecule has 3 rings (SSSR count). The highest BCUT2D eigenvalue weighted by atomic mass is 16.5. The number of nitrogens with one attached hydrogen (secondary N) is 1. The van der Waals surface area contributed by atoms with Gasteiger partial charge in [-0.3, -0.25) is 14.8 Å². The van der Waals surface area contributed by atoms with Crippen molar-refractivity contribution in [2.75, 3.05) is 59.5 Å². The smallest absolute Gasteiger partial charge is 0.193 e. The fourth-order valence-corrected chi connectivity index (χ4v) is 4.27. The van der Waals surface area contributed by atoms with E-state index in [1.807, 2.05) is 7.05 Å². The van der Waals surface area contributed by atoms with Crippen LogP contribution in [0.15, 0.2) is 29.3 Å². The number of piperazine rings is 1. The largest absolute Gasteiger partial charge is 0.379 e. The quantitative estimate of drug-likeness (QED) is 0.616. The standard InChI is InChI=1S/C22H37N5O/c1-18-6-5-7-21(14-18)16-25-8-10-26(11-9-25)22(23-4)24-15-19(2)27-12-13-28-17-20(27)3/h5-7,14,19-20H,8-13,15-17H2,1-4H3,(H,23,24). The van der Waals surface area contributed by atoms with E-state index in [1.54, 1.807) is 0 Å². The number of ether oxygens (including phenoxy) is 1. The minimum Gasteiger partial charge on any atom is -0.379 e. The molecule has 1 aromatic carbocycles. The lowest BCUT2D eigenvalue weighted by Gasteiger charge is -2.39. The van der Waals surface area contributed by atoms with Crippen molar-refractivity contribution in [3.8, 4) is 0 Å². The number of hydrogen-bond donors (Lipinski definition) is 1. The van der Waals surface area contributed by atoms with Crippen LogP contribution in [0.3, 0.4) is 0 Å². The number of nitrogens with zero attached hydrogens (tertiary/aromatic N) is 4. The zero-order valence-corrected chi connectivity index (χ0v) is 18.0. The molecule has 6 heteroatoms. The van der Waals surface area contributed by atoms with Gasteiger partial charge in [0, 0.05) is 64.9 Å². The average molecular weight is 388 g/mol. The molecule has 2 unspecified atom stereocenters. The summed E-state index contributed by atoms with van der Waals surface area (Å²) in [4.78, 5) is 12.0. The third-order valence-corrected chi connectivity index (χ3v) is 5.91. The average Bonchev–Trinajstić information content (AvgIpc) is 2.70. The Morgan fingerprint density at radius 2 is 2.04 bits per heavy atom. The van der Waals surface area contributed by atoms with Crippen LogP contribution in [0.4, 0.5) is 0 Å². The Balaban J connectivity index is 1.44. The Kier molecular flexibility index (Phi) is 7.71. The Hall–Kier alpha value is -1.63. The fraction of sp³-hybridized carbons (Fsp3) is 0.682. The van der Waals surface area contributed by atoms with Crippen LogP contribution >= 0.6 is 0 Å². The summed E-state index contributed by atoms with van der Waals surface area (Å²) in [6.45, 7) is 15.5. The molecule has 0 aliphatic carbocycles. The number of rotatable bonds is 5. The van der Waals surface area contributed by atoms with Crippen LogP contribution in [0.25, 0.3) is 0 Å². The summed E-state index contributed by atoms with van der Waals surface area (Å²) in [6, 6.07) is 9.80. The number of benzene rings is 1. The van der Waals surface area contributed by atoms with Crippen LogP contribution in [0, 0.1) is 6.92 Å². The molecule has 2 atom stereocenters. The number of aryl methyl sites for hydroxylation is 1. The Morgan fingerprint density at radius 1 is 1.25 bits per heavy atom. The third kappa shape index (κ3) is 5.69. The van der Waals surface area contributed by atoms with Gasteiger partial charge in [-0.05, 0) is 26.3 Å². The van der Waals surface area contributed by atoms with Gasteiger partial charge in [0.05, 0.1) is 13.2 Å². The highest BCUT2D eigenvalue weighted by Crippen LogP contribution is 2.12. The van der Waals surface area contributed by atoms with Crippen molar-refractivity contribution in [1.29, 1.82) is 0 Å². The maximum atomic E-state index is 5.56. The van der Waals surface area contributed by atoms with Gasteiger partial charge in [0.1, 0.15) is 0 Å². The lowest BCUT2D eigenvalue weighted by atomic mass is 10.1. The molecule has 0 aromatic heterocycles. The lowest BCUT2D eigenvalue weighted by Crippen LogP contribution is -2.55. The van der Waals surface area contributed by atoms with Gasteiger partial charge in [0.25, 0.3) is 0 Å². The zero-order chi connectivity index (χ0) is 19.9. The molecule has 0 bridgehead atoms. The molecule has 0 saturated carbocycles. The fourth-order valence-electron chi connectivity index (χ4n) is 4.27. The second-order valence-electron chi connectivity index (χ2n) is 8.19. The van der Waals surface area contributed by atoms with Crippen molar-refractivity contribution in [1.82, 2.24) is 20.0 Å². The van der Waals surface area contributed by atoms with Gasteiger partial charge in [-0.25, -0.2) is 0 Å². The van der Waals surface area contributed by atoms with Crippen LogP contribution in [0.2, 0.25) is 0 Å². The molecule has 0 amide bonds. The van der Waals surface area contributed by atoms with Crippen molar-refractivity contribution in [3.05, 3.63) is 35.4 Å². The minimum atomic E-state index is 0.471.